The molecule has 0 bridgehead atoms. The van der Waals surface area contributed by atoms with Crippen molar-refractivity contribution in [3.63, 3.8) is 0 Å². The second-order valence-corrected chi connectivity index (χ2v) is 9.88. The number of carbonyl (C=O) groups excluding carboxylic acids is 1. The summed E-state index contributed by atoms with van der Waals surface area (Å²) in [5.41, 5.74) is 6.98. The number of piperazine rings is 1. The lowest BCUT2D eigenvalue weighted by Crippen LogP contribution is -2.46. The zero-order valence-electron chi connectivity index (χ0n) is 23.3. The molecule has 0 aliphatic carbocycles. The van der Waals surface area contributed by atoms with Crippen molar-refractivity contribution in [2.75, 3.05) is 36.0 Å². The molecule has 42 heavy (non-hydrogen) atoms. The number of carboxylic acid groups (broad SMARTS) is 1. The number of hydrogen-bond acceptors (Lipinski definition) is 9. The predicted molar refractivity (Wildman–Crippen MR) is 162 cm³/mol. The first-order valence-corrected chi connectivity index (χ1v) is 13.5. The Kier molecular flexibility index (Phi) is 8.62. The standard InChI is InChI=1S/C32H30N6O4/c1-22-19-24(32(40)41)3-13-30(22)35-33-25-4-8-27(9-5-25)37-15-17-38(18-16-37)28-10-6-26(7-11-28)34-36-31-14-12-29(42-21-39)20-23(31)2/h3-14,19-21H,15-18H2,1-2H3,(H,40,41). The van der Waals surface area contributed by atoms with Crippen LogP contribution in [0.4, 0.5) is 34.1 Å². The molecule has 1 N–H and O–H groups in total. The van der Waals surface area contributed by atoms with Crippen molar-refractivity contribution in [1.29, 1.82) is 0 Å². The summed E-state index contributed by atoms with van der Waals surface area (Å²) in [6.07, 6.45) is 0. The van der Waals surface area contributed by atoms with E-state index in [9.17, 15) is 9.59 Å². The lowest BCUT2D eigenvalue weighted by molar-refractivity contribution is -0.120. The van der Waals surface area contributed by atoms with E-state index < -0.39 is 5.97 Å². The minimum Gasteiger partial charge on any atom is -0.478 e. The molecule has 0 unspecified atom stereocenters. The zero-order chi connectivity index (χ0) is 29.5. The predicted octanol–water partition coefficient (Wildman–Crippen LogP) is 7.69. The number of azo groups is 2. The van der Waals surface area contributed by atoms with Gasteiger partial charge < -0.3 is 19.6 Å². The fourth-order valence-corrected chi connectivity index (χ4v) is 4.68. The first-order chi connectivity index (χ1) is 20.4. The average molecular weight is 563 g/mol. The van der Waals surface area contributed by atoms with Crippen LogP contribution in [0.25, 0.3) is 0 Å². The number of carboxylic acids is 1. The van der Waals surface area contributed by atoms with E-state index >= 15 is 0 Å². The summed E-state index contributed by atoms with van der Waals surface area (Å²) in [5, 5.41) is 26.4. The van der Waals surface area contributed by atoms with E-state index in [4.69, 9.17) is 9.84 Å². The second-order valence-electron chi connectivity index (χ2n) is 9.88. The van der Waals surface area contributed by atoms with E-state index in [1.165, 1.54) is 6.07 Å². The highest BCUT2D eigenvalue weighted by molar-refractivity contribution is 5.88. The molecular formula is C32H30N6O4. The molecule has 1 aliphatic rings. The minimum absolute atomic E-state index is 0.234. The van der Waals surface area contributed by atoms with Gasteiger partial charge in [0.25, 0.3) is 6.47 Å². The van der Waals surface area contributed by atoms with Crippen molar-refractivity contribution in [3.05, 3.63) is 102 Å². The normalized spacial score (nSPS) is 13.6. The summed E-state index contributed by atoms with van der Waals surface area (Å²) >= 11 is 0. The van der Waals surface area contributed by atoms with Crippen LogP contribution < -0.4 is 14.5 Å². The number of anilines is 2. The molecule has 212 valence electrons. The summed E-state index contributed by atoms with van der Waals surface area (Å²) in [4.78, 5) is 26.3. The van der Waals surface area contributed by atoms with Gasteiger partial charge in [-0.05, 0) is 110 Å². The van der Waals surface area contributed by atoms with Gasteiger partial charge in [-0.3, -0.25) is 4.79 Å². The highest BCUT2D eigenvalue weighted by Crippen LogP contribution is 2.29. The Labute approximate surface area is 243 Å². The fraction of sp³-hybridized carbons (Fsp3) is 0.188. The molecular weight excluding hydrogens is 532 g/mol. The Morgan fingerprint density at radius 1 is 0.690 bits per heavy atom. The summed E-state index contributed by atoms with van der Waals surface area (Å²) in [5.74, 6) is -0.485. The molecule has 10 heteroatoms. The van der Waals surface area contributed by atoms with Gasteiger partial charge in [0.2, 0.25) is 0 Å². The molecule has 1 aliphatic heterocycles. The van der Waals surface area contributed by atoms with Gasteiger partial charge in [-0.25, -0.2) is 4.79 Å². The highest BCUT2D eigenvalue weighted by atomic mass is 16.5. The maximum atomic E-state index is 11.1. The number of hydrogen-bond donors (Lipinski definition) is 1. The van der Waals surface area contributed by atoms with E-state index in [0.717, 1.165) is 60.1 Å². The molecule has 1 saturated heterocycles. The first-order valence-electron chi connectivity index (χ1n) is 13.5. The molecule has 0 radical (unpaired) electrons. The van der Waals surface area contributed by atoms with Gasteiger partial charge in [-0.2, -0.15) is 20.5 Å². The number of rotatable bonds is 9. The van der Waals surface area contributed by atoms with E-state index in [-0.39, 0.29) is 5.56 Å². The molecule has 4 aromatic carbocycles. The van der Waals surface area contributed by atoms with Crippen molar-refractivity contribution in [2.24, 2.45) is 20.5 Å². The van der Waals surface area contributed by atoms with Crippen LogP contribution in [-0.4, -0.2) is 43.7 Å². The third-order valence-corrected chi connectivity index (χ3v) is 7.05. The smallest absolute Gasteiger partial charge is 0.335 e. The Balaban J connectivity index is 1.14. The van der Waals surface area contributed by atoms with E-state index in [0.29, 0.717) is 23.6 Å². The fourth-order valence-electron chi connectivity index (χ4n) is 4.68. The van der Waals surface area contributed by atoms with Crippen LogP contribution in [0.15, 0.2) is 105 Å². The zero-order valence-corrected chi connectivity index (χ0v) is 23.3. The Bertz CT molecular complexity index is 1630. The van der Waals surface area contributed by atoms with Crippen LogP contribution in [0.1, 0.15) is 21.5 Å². The highest BCUT2D eigenvalue weighted by Gasteiger charge is 2.17. The maximum absolute atomic E-state index is 11.1. The van der Waals surface area contributed by atoms with Gasteiger partial charge in [-0.15, -0.1) is 0 Å². The molecule has 0 aromatic heterocycles. The molecule has 0 spiro atoms. The number of carbonyl (C=O) groups is 2. The van der Waals surface area contributed by atoms with Gasteiger partial charge in [0, 0.05) is 37.6 Å². The molecule has 0 amide bonds. The molecule has 1 heterocycles. The third kappa shape index (κ3) is 6.84. The Hall–Kier alpha value is -5.38. The van der Waals surface area contributed by atoms with Gasteiger partial charge >= 0.3 is 5.97 Å². The largest absolute Gasteiger partial charge is 0.478 e. The average Bonchev–Trinajstić information content (AvgIpc) is 3.01. The topological polar surface area (TPSA) is 120 Å². The lowest BCUT2D eigenvalue weighted by atomic mass is 10.1. The minimum atomic E-state index is -0.961. The van der Waals surface area contributed by atoms with Crippen LogP contribution in [0, 0.1) is 13.8 Å². The van der Waals surface area contributed by atoms with Crippen molar-refractivity contribution < 1.29 is 19.4 Å². The van der Waals surface area contributed by atoms with Crippen LogP contribution in [0.3, 0.4) is 0 Å². The third-order valence-electron chi connectivity index (χ3n) is 7.05. The van der Waals surface area contributed by atoms with Crippen molar-refractivity contribution in [1.82, 2.24) is 0 Å². The molecule has 4 aromatic rings. The van der Waals surface area contributed by atoms with Gasteiger partial charge in [0.15, 0.2) is 0 Å². The van der Waals surface area contributed by atoms with Gasteiger partial charge in [0.05, 0.1) is 28.3 Å². The summed E-state index contributed by atoms with van der Waals surface area (Å²) in [7, 11) is 0. The van der Waals surface area contributed by atoms with Crippen LogP contribution in [0.2, 0.25) is 0 Å². The number of aryl methyl sites for hydroxylation is 2. The molecule has 0 atom stereocenters. The van der Waals surface area contributed by atoms with E-state index in [1.54, 1.807) is 30.3 Å². The Morgan fingerprint density at radius 3 is 1.60 bits per heavy atom. The van der Waals surface area contributed by atoms with Crippen LogP contribution >= 0.6 is 0 Å². The van der Waals surface area contributed by atoms with Crippen LogP contribution in [0.5, 0.6) is 5.75 Å². The summed E-state index contributed by atoms with van der Waals surface area (Å²) < 4.78 is 4.87. The van der Waals surface area contributed by atoms with Gasteiger partial charge in [0.1, 0.15) is 5.75 Å². The first kappa shape index (κ1) is 28.2. The number of benzene rings is 4. The molecule has 1 fully saturated rings. The maximum Gasteiger partial charge on any atom is 0.335 e. The summed E-state index contributed by atoms with van der Waals surface area (Å²) in [6.45, 7) is 7.67. The Morgan fingerprint density at radius 2 is 1.17 bits per heavy atom. The number of aromatic carboxylic acids is 1. The lowest BCUT2D eigenvalue weighted by Gasteiger charge is -2.37. The SMILES string of the molecule is Cc1cc(OC=O)ccc1N=Nc1ccc(N2CCN(c3ccc(N=Nc4ccc(C(=O)O)cc4C)cc3)CC2)cc1. The monoisotopic (exact) mass is 562 g/mol. The second kappa shape index (κ2) is 12.9. The van der Waals surface area contributed by atoms with Gasteiger partial charge in [-0.1, -0.05) is 0 Å². The van der Waals surface area contributed by atoms with Crippen molar-refractivity contribution >= 4 is 46.6 Å². The quantitative estimate of drug-likeness (QED) is 0.165. The van der Waals surface area contributed by atoms with Crippen LogP contribution in [-0.2, 0) is 4.79 Å². The molecule has 5 rings (SSSR count). The molecule has 10 nitrogen and oxygen atoms in total. The molecule has 0 saturated carbocycles. The number of ether oxygens (including phenoxy) is 1. The van der Waals surface area contributed by atoms with Crippen molar-refractivity contribution in [2.45, 2.75) is 13.8 Å². The van der Waals surface area contributed by atoms with Crippen molar-refractivity contribution in [3.8, 4) is 5.75 Å². The number of nitrogens with zero attached hydrogens (tertiary/aromatic N) is 6. The van der Waals surface area contributed by atoms with E-state index in [1.807, 2.05) is 38.1 Å². The van der Waals surface area contributed by atoms with E-state index in [2.05, 4.69) is 54.5 Å². The summed E-state index contributed by atoms with van der Waals surface area (Å²) in [6, 6.07) is 26.0.